The fraction of sp³-hybridized carbons (Fsp3) is 0.933. The molecule has 2 N–H and O–H groups in total. The van der Waals surface area contributed by atoms with Crippen LogP contribution in [0.15, 0.2) is 0 Å². The van der Waals surface area contributed by atoms with Crippen LogP contribution in [0.4, 0.5) is 0 Å². The van der Waals surface area contributed by atoms with E-state index in [4.69, 9.17) is 5.73 Å². The molecule has 1 rings (SSSR count). The molecule has 0 saturated carbocycles. The van der Waals surface area contributed by atoms with Gasteiger partial charge in [-0.2, -0.15) is 0 Å². The van der Waals surface area contributed by atoms with Gasteiger partial charge in [-0.15, -0.1) is 0 Å². The van der Waals surface area contributed by atoms with Gasteiger partial charge in [0.15, 0.2) is 0 Å². The quantitative estimate of drug-likeness (QED) is 0.824. The molecule has 0 aromatic rings. The minimum Gasteiger partial charge on any atom is -0.369 e. The normalized spacial score (nSPS) is 19.6. The highest BCUT2D eigenvalue weighted by Crippen LogP contribution is 2.33. The van der Waals surface area contributed by atoms with Crippen LogP contribution in [0, 0.1) is 10.8 Å². The van der Waals surface area contributed by atoms with Crippen molar-refractivity contribution in [3.63, 3.8) is 0 Å². The van der Waals surface area contributed by atoms with Crippen LogP contribution >= 0.6 is 0 Å². The minimum atomic E-state index is -0.221. The van der Waals surface area contributed by atoms with E-state index in [1.165, 1.54) is 6.42 Å². The molecule has 0 bridgehead atoms. The first kappa shape index (κ1) is 16.4. The van der Waals surface area contributed by atoms with E-state index in [0.29, 0.717) is 17.4 Å². The summed E-state index contributed by atoms with van der Waals surface area (Å²) in [4.78, 5) is 15.6. The molecule has 0 aliphatic carbocycles. The summed E-state index contributed by atoms with van der Waals surface area (Å²) >= 11 is 0. The third-order valence-corrected chi connectivity index (χ3v) is 3.50. The van der Waals surface area contributed by atoms with Gasteiger partial charge in [0.05, 0.1) is 6.54 Å². The largest absolute Gasteiger partial charge is 0.369 e. The molecule has 0 radical (unpaired) electrons. The predicted molar refractivity (Wildman–Crippen MR) is 79.9 cm³/mol. The molecule has 0 unspecified atom stereocenters. The Morgan fingerprint density at radius 2 is 1.47 bits per heavy atom. The standard InChI is InChI=1S/C15H31N3O/c1-14(2,3)11-15(4,5)12-18-8-6-17(7-9-18)10-13(16)19/h6-12H2,1-5H3,(H2,16,19). The zero-order chi connectivity index (χ0) is 14.7. The minimum absolute atomic E-state index is 0.221. The summed E-state index contributed by atoms with van der Waals surface area (Å²) in [5.41, 5.74) is 5.94. The van der Waals surface area contributed by atoms with Gasteiger partial charge in [-0.25, -0.2) is 0 Å². The lowest BCUT2D eigenvalue weighted by Gasteiger charge is -2.40. The summed E-state index contributed by atoms with van der Waals surface area (Å²) in [7, 11) is 0. The summed E-state index contributed by atoms with van der Waals surface area (Å²) in [5.74, 6) is -0.221. The summed E-state index contributed by atoms with van der Waals surface area (Å²) in [6.45, 7) is 17.2. The first-order valence-electron chi connectivity index (χ1n) is 7.30. The van der Waals surface area contributed by atoms with Crippen molar-refractivity contribution in [1.82, 2.24) is 9.80 Å². The van der Waals surface area contributed by atoms with Crippen LogP contribution in [0.1, 0.15) is 41.0 Å². The number of carbonyl (C=O) groups excluding carboxylic acids is 1. The zero-order valence-electron chi connectivity index (χ0n) is 13.3. The molecule has 19 heavy (non-hydrogen) atoms. The highest BCUT2D eigenvalue weighted by molar-refractivity contribution is 5.75. The fourth-order valence-corrected chi connectivity index (χ4v) is 3.42. The van der Waals surface area contributed by atoms with Gasteiger partial charge in [-0.1, -0.05) is 34.6 Å². The van der Waals surface area contributed by atoms with Gasteiger partial charge in [-0.3, -0.25) is 9.69 Å². The van der Waals surface area contributed by atoms with E-state index >= 15 is 0 Å². The lowest BCUT2D eigenvalue weighted by atomic mass is 9.76. The Balaban J connectivity index is 2.38. The number of hydrogen-bond donors (Lipinski definition) is 1. The summed E-state index contributed by atoms with van der Waals surface area (Å²) < 4.78 is 0. The molecule has 4 heteroatoms. The van der Waals surface area contributed by atoms with Crippen LogP contribution in [0.25, 0.3) is 0 Å². The molecule has 1 saturated heterocycles. The first-order valence-corrected chi connectivity index (χ1v) is 7.30. The third-order valence-electron chi connectivity index (χ3n) is 3.50. The molecule has 0 aromatic heterocycles. The number of hydrogen-bond acceptors (Lipinski definition) is 3. The Labute approximate surface area is 118 Å². The third kappa shape index (κ3) is 6.92. The van der Waals surface area contributed by atoms with E-state index in [1.54, 1.807) is 0 Å². The van der Waals surface area contributed by atoms with Crippen molar-refractivity contribution in [1.29, 1.82) is 0 Å². The number of nitrogens with zero attached hydrogens (tertiary/aromatic N) is 2. The molecule has 0 aromatic carbocycles. The number of nitrogens with two attached hydrogens (primary N) is 1. The average molecular weight is 269 g/mol. The van der Waals surface area contributed by atoms with Gasteiger partial charge >= 0.3 is 0 Å². The highest BCUT2D eigenvalue weighted by atomic mass is 16.1. The molecule has 1 amide bonds. The number of rotatable bonds is 5. The maximum absolute atomic E-state index is 10.9. The Morgan fingerprint density at radius 1 is 1.00 bits per heavy atom. The molecule has 0 spiro atoms. The summed E-state index contributed by atoms with van der Waals surface area (Å²) in [6.07, 6.45) is 1.22. The lowest BCUT2D eigenvalue weighted by molar-refractivity contribution is -0.119. The molecular formula is C15H31N3O. The summed E-state index contributed by atoms with van der Waals surface area (Å²) in [5, 5.41) is 0. The smallest absolute Gasteiger partial charge is 0.231 e. The van der Waals surface area contributed by atoms with Gasteiger partial charge in [0.2, 0.25) is 5.91 Å². The van der Waals surface area contributed by atoms with Crippen molar-refractivity contribution in [2.75, 3.05) is 39.3 Å². The predicted octanol–water partition coefficient (Wildman–Crippen LogP) is 1.55. The van der Waals surface area contributed by atoms with Crippen LogP contribution in [0.2, 0.25) is 0 Å². The van der Waals surface area contributed by atoms with E-state index in [-0.39, 0.29) is 5.91 Å². The topological polar surface area (TPSA) is 49.6 Å². The van der Waals surface area contributed by atoms with E-state index in [0.717, 1.165) is 32.7 Å². The van der Waals surface area contributed by atoms with E-state index in [1.807, 2.05) is 0 Å². The monoisotopic (exact) mass is 269 g/mol. The zero-order valence-corrected chi connectivity index (χ0v) is 13.3. The van der Waals surface area contributed by atoms with Crippen LogP contribution in [-0.2, 0) is 4.79 Å². The van der Waals surface area contributed by atoms with Gasteiger partial charge in [-0.05, 0) is 17.3 Å². The lowest BCUT2D eigenvalue weighted by Crippen LogP contribution is -2.51. The van der Waals surface area contributed by atoms with E-state index in [2.05, 4.69) is 44.4 Å². The number of primary amides is 1. The van der Waals surface area contributed by atoms with E-state index in [9.17, 15) is 4.79 Å². The molecule has 1 aliphatic heterocycles. The Kier molecular flexibility index (Phi) is 5.39. The SMILES string of the molecule is CC(C)(C)CC(C)(C)CN1CCN(CC(N)=O)CC1. The molecule has 112 valence electrons. The maximum Gasteiger partial charge on any atom is 0.231 e. The van der Waals surface area contributed by atoms with Crippen molar-refractivity contribution >= 4 is 5.91 Å². The second-order valence-electron chi connectivity index (χ2n) is 7.92. The maximum atomic E-state index is 10.9. The summed E-state index contributed by atoms with van der Waals surface area (Å²) in [6, 6.07) is 0. The second kappa shape index (κ2) is 6.23. The Morgan fingerprint density at radius 3 is 1.89 bits per heavy atom. The molecule has 4 nitrogen and oxygen atoms in total. The molecular weight excluding hydrogens is 238 g/mol. The molecule has 1 aliphatic rings. The van der Waals surface area contributed by atoms with Crippen molar-refractivity contribution in [3.05, 3.63) is 0 Å². The Hall–Kier alpha value is -0.610. The molecule has 1 fully saturated rings. The van der Waals surface area contributed by atoms with Crippen LogP contribution in [0.5, 0.6) is 0 Å². The van der Waals surface area contributed by atoms with E-state index < -0.39 is 0 Å². The number of amides is 1. The van der Waals surface area contributed by atoms with Crippen LogP contribution in [0.3, 0.4) is 0 Å². The number of carbonyl (C=O) groups is 1. The second-order valence-corrected chi connectivity index (χ2v) is 7.92. The van der Waals surface area contributed by atoms with Gasteiger partial charge in [0, 0.05) is 32.7 Å². The van der Waals surface area contributed by atoms with Crippen molar-refractivity contribution < 1.29 is 4.79 Å². The molecule has 0 atom stereocenters. The van der Waals surface area contributed by atoms with Gasteiger partial charge < -0.3 is 10.6 Å². The van der Waals surface area contributed by atoms with Crippen molar-refractivity contribution in [3.8, 4) is 0 Å². The molecule has 1 heterocycles. The first-order chi connectivity index (χ1) is 8.57. The van der Waals surface area contributed by atoms with Crippen LogP contribution in [-0.4, -0.2) is 55.0 Å². The van der Waals surface area contributed by atoms with Crippen molar-refractivity contribution in [2.24, 2.45) is 16.6 Å². The van der Waals surface area contributed by atoms with Crippen molar-refractivity contribution in [2.45, 2.75) is 41.0 Å². The van der Waals surface area contributed by atoms with Crippen LogP contribution < -0.4 is 5.73 Å². The number of piperazine rings is 1. The van der Waals surface area contributed by atoms with Gasteiger partial charge in [0.25, 0.3) is 0 Å². The van der Waals surface area contributed by atoms with Gasteiger partial charge in [0.1, 0.15) is 0 Å². The highest BCUT2D eigenvalue weighted by Gasteiger charge is 2.29. The Bertz CT molecular complexity index is 299. The average Bonchev–Trinajstić information content (AvgIpc) is 2.15. The fourth-order valence-electron chi connectivity index (χ4n) is 3.42.